The van der Waals surface area contributed by atoms with Crippen molar-refractivity contribution in [3.8, 4) is 11.5 Å². The van der Waals surface area contributed by atoms with Crippen molar-refractivity contribution < 1.29 is 15.3 Å². The van der Waals surface area contributed by atoms with E-state index in [-0.39, 0.29) is 11.5 Å². The first-order valence-electron chi connectivity index (χ1n) is 9.14. The minimum absolute atomic E-state index is 0.106. The van der Waals surface area contributed by atoms with Gasteiger partial charge in [-0.25, -0.2) is 0 Å². The first kappa shape index (κ1) is 19.3. The number of aryl methyl sites for hydroxylation is 3. The average Bonchev–Trinajstić information content (AvgIpc) is 2.52. The van der Waals surface area contributed by atoms with Crippen molar-refractivity contribution >= 4 is 0 Å². The summed E-state index contributed by atoms with van der Waals surface area (Å²) in [6.07, 6.45) is 6.97. The first-order chi connectivity index (χ1) is 11.8. The zero-order chi connectivity index (χ0) is 18.3. The van der Waals surface area contributed by atoms with Crippen molar-refractivity contribution in [3.63, 3.8) is 0 Å². The van der Waals surface area contributed by atoms with Crippen molar-refractivity contribution in [2.45, 2.75) is 64.4 Å². The maximum atomic E-state index is 9.70. The maximum Gasteiger partial charge on any atom is 0.119 e. The third-order valence-corrected chi connectivity index (χ3v) is 4.44. The molecule has 2 rings (SSSR count). The Morgan fingerprint density at radius 1 is 0.680 bits per heavy atom. The Morgan fingerprint density at radius 2 is 1.20 bits per heavy atom. The van der Waals surface area contributed by atoms with Crippen LogP contribution in [0.15, 0.2) is 42.5 Å². The van der Waals surface area contributed by atoms with E-state index >= 15 is 0 Å². The molecule has 0 heterocycles. The zero-order valence-corrected chi connectivity index (χ0v) is 15.3. The van der Waals surface area contributed by atoms with Crippen LogP contribution in [-0.4, -0.2) is 20.9 Å². The lowest BCUT2D eigenvalue weighted by Crippen LogP contribution is -2.17. The van der Waals surface area contributed by atoms with Crippen molar-refractivity contribution in [2.24, 2.45) is 0 Å². The lowest BCUT2D eigenvalue weighted by Gasteiger charge is -2.16. The molecule has 136 valence electrons. The van der Waals surface area contributed by atoms with Gasteiger partial charge in [-0.2, -0.15) is 0 Å². The molecule has 0 aliphatic carbocycles. The summed E-state index contributed by atoms with van der Waals surface area (Å²) in [5, 5.41) is 28.7. The molecule has 3 heteroatoms. The Bertz CT molecular complexity index is 634. The molecule has 0 radical (unpaired) electrons. The van der Waals surface area contributed by atoms with Crippen molar-refractivity contribution in [3.05, 3.63) is 59.2 Å². The number of rotatable bonds is 9. The van der Waals surface area contributed by atoms with E-state index in [1.807, 2.05) is 13.8 Å². The van der Waals surface area contributed by atoms with Crippen LogP contribution in [0.2, 0.25) is 0 Å². The highest BCUT2D eigenvalue weighted by Crippen LogP contribution is 2.22. The number of unbranched alkanes of at least 4 members (excludes halogenated alkanes) is 2. The second-order valence-corrected chi connectivity index (χ2v) is 7.55. The van der Waals surface area contributed by atoms with Gasteiger partial charge in [-0.1, -0.05) is 37.1 Å². The molecular weight excluding hydrogens is 312 g/mol. The third-order valence-electron chi connectivity index (χ3n) is 4.44. The molecule has 0 aromatic heterocycles. The van der Waals surface area contributed by atoms with Crippen LogP contribution in [0.4, 0.5) is 0 Å². The highest BCUT2D eigenvalue weighted by atomic mass is 16.3. The first-order valence-corrected chi connectivity index (χ1v) is 9.14. The second kappa shape index (κ2) is 8.91. The van der Waals surface area contributed by atoms with E-state index < -0.39 is 5.60 Å². The number of benzene rings is 2. The molecule has 0 aliphatic heterocycles. The standard InChI is InChI=1S/C22H30O3/c1-22(2,25)13-5-3-4-6-17-7-9-18(10-8-17)11-12-19-14-20(23)16-21(24)15-19/h7-10,14-16,23-25H,3-6,11-13H2,1-2H3. The number of hydrogen-bond acceptors (Lipinski definition) is 3. The molecule has 0 amide bonds. The summed E-state index contributed by atoms with van der Waals surface area (Å²) in [5.41, 5.74) is 3.00. The topological polar surface area (TPSA) is 60.7 Å². The minimum Gasteiger partial charge on any atom is -0.508 e. The molecule has 0 fully saturated rings. The molecule has 3 N–H and O–H groups in total. The summed E-state index contributed by atoms with van der Waals surface area (Å²) < 4.78 is 0. The van der Waals surface area contributed by atoms with Crippen LogP contribution in [0.25, 0.3) is 0 Å². The largest absolute Gasteiger partial charge is 0.508 e. The number of aromatic hydroxyl groups is 2. The summed E-state index contributed by atoms with van der Waals surface area (Å²) >= 11 is 0. The molecule has 0 bridgehead atoms. The lowest BCUT2D eigenvalue weighted by atomic mass is 9.98. The molecule has 0 saturated heterocycles. The Morgan fingerprint density at radius 3 is 1.76 bits per heavy atom. The maximum absolute atomic E-state index is 9.70. The highest BCUT2D eigenvalue weighted by molar-refractivity contribution is 5.37. The molecular formula is C22H30O3. The van der Waals surface area contributed by atoms with Gasteiger partial charge < -0.3 is 15.3 Å². The van der Waals surface area contributed by atoms with Gasteiger partial charge in [-0.3, -0.25) is 0 Å². The molecule has 0 saturated carbocycles. The van der Waals surface area contributed by atoms with Crippen LogP contribution in [0.1, 0.15) is 56.2 Å². The van der Waals surface area contributed by atoms with Crippen LogP contribution >= 0.6 is 0 Å². The van der Waals surface area contributed by atoms with E-state index in [9.17, 15) is 15.3 Å². The van der Waals surface area contributed by atoms with Crippen molar-refractivity contribution in [1.29, 1.82) is 0 Å². The van der Waals surface area contributed by atoms with E-state index in [1.165, 1.54) is 17.2 Å². The van der Waals surface area contributed by atoms with E-state index in [2.05, 4.69) is 24.3 Å². The van der Waals surface area contributed by atoms with Gasteiger partial charge in [0.25, 0.3) is 0 Å². The summed E-state index contributed by atoms with van der Waals surface area (Å²) in [7, 11) is 0. The van der Waals surface area contributed by atoms with Gasteiger partial charge in [0.15, 0.2) is 0 Å². The fraction of sp³-hybridized carbons (Fsp3) is 0.455. The molecule has 2 aromatic rings. The highest BCUT2D eigenvalue weighted by Gasteiger charge is 2.10. The van der Waals surface area contributed by atoms with Crippen LogP contribution < -0.4 is 0 Å². The van der Waals surface area contributed by atoms with Crippen LogP contribution in [-0.2, 0) is 19.3 Å². The third kappa shape index (κ3) is 7.61. The van der Waals surface area contributed by atoms with E-state index in [4.69, 9.17) is 0 Å². The van der Waals surface area contributed by atoms with E-state index in [0.717, 1.165) is 50.5 Å². The molecule has 0 aliphatic rings. The smallest absolute Gasteiger partial charge is 0.119 e. The van der Waals surface area contributed by atoms with Gasteiger partial charge in [0.05, 0.1) is 5.60 Å². The zero-order valence-electron chi connectivity index (χ0n) is 15.3. The minimum atomic E-state index is -0.548. The number of phenols is 2. The van der Waals surface area contributed by atoms with E-state index in [0.29, 0.717) is 0 Å². The summed E-state index contributed by atoms with van der Waals surface area (Å²) in [4.78, 5) is 0. The van der Waals surface area contributed by atoms with Crippen molar-refractivity contribution in [1.82, 2.24) is 0 Å². The molecule has 0 spiro atoms. The molecule has 2 aromatic carbocycles. The van der Waals surface area contributed by atoms with Crippen LogP contribution in [0, 0.1) is 0 Å². The van der Waals surface area contributed by atoms with Gasteiger partial charge in [0.2, 0.25) is 0 Å². The fourth-order valence-electron chi connectivity index (χ4n) is 3.03. The van der Waals surface area contributed by atoms with Gasteiger partial charge in [0.1, 0.15) is 11.5 Å². The SMILES string of the molecule is CC(C)(O)CCCCCc1ccc(CCc2cc(O)cc(O)c2)cc1. The van der Waals surface area contributed by atoms with Crippen LogP contribution in [0.5, 0.6) is 11.5 Å². The predicted octanol–water partition coefficient (Wildman–Crippen LogP) is 4.76. The van der Waals surface area contributed by atoms with Crippen molar-refractivity contribution in [2.75, 3.05) is 0 Å². The monoisotopic (exact) mass is 342 g/mol. The van der Waals surface area contributed by atoms with Gasteiger partial charge in [0, 0.05) is 6.07 Å². The Hall–Kier alpha value is -2.00. The molecule has 25 heavy (non-hydrogen) atoms. The Balaban J connectivity index is 1.74. The van der Waals surface area contributed by atoms with Gasteiger partial charge in [-0.15, -0.1) is 0 Å². The predicted molar refractivity (Wildman–Crippen MR) is 102 cm³/mol. The fourth-order valence-corrected chi connectivity index (χ4v) is 3.03. The molecule has 0 unspecified atom stereocenters. The summed E-state index contributed by atoms with van der Waals surface area (Å²) in [6.45, 7) is 3.73. The number of hydrogen-bond donors (Lipinski definition) is 3. The quantitative estimate of drug-likeness (QED) is 0.576. The lowest BCUT2D eigenvalue weighted by molar-refractivity contribution is 0.0681. The van der Waals surface area contributed by atoms with Crippen LogP contribution in [0.3, 0.4) is 0 Å². The number of phenolic OH excluding ortho intramolecular Hbond substituents is 2. The van der Waals surface area contributed by atoms with Gasteiger partial charge in [-0.05, 0) is 74.8 Å². The Labute approximate surface area is 151 Å². The number of aliphatic hydroxyl groups is 1. The molecule has 0 atom stereocenters. The summed E-state index contributed by atoms with van der Waals surface area (Å²) in [5.74, 6) is 0.213. The molecule has 3 nitrogen and oxygen atoms in total. The Kier molecular flexibility index (Phi) is 6.89. The average molecular weight is 342 g/mol. The van der Waals surface area contributed by atoms with Gasteiger partial charge >= 0.3 is 0 Å². The second-order valence-electron chi connectivity index (χ2n) is 7.55. The van der Waals surface area contributed by atoms with E-state index in [1.54, 1.807) is 12.1 Å². The summed E-state index contributed by atoms with van der Waals surface area (Å²) in [6, 6.07) is 13.4. The normalized spacial score (nSPS) is 11.6.